The van der Waals surface area contributed by atoms with E-state index in [0.717, 1.165) is 36.3 Å². The van der Waals surface area contributed by atoms with Crippen molar-refractivity contribution in [1.82, 2.24) is 14.9 Å². The zero-order valence-electron chi connectivity index (χ0n) is 16.2. The van der Waals surface area contributed by atoms with E-state index in [4.69, 9.17) is 0 Å². The summed E-state index contributed by atoms with van der Waals surface area (Å²) in [6, 6.07) is 10.6. The number of rotatable bonds is 5. The molecule has 1 aliphatic carbocycles. The molecule has 4 rings (SSSR count). The van der Waals surface area contributed by atoms with Crippen LogP contribution in [-0.4, -0.2) is 27.4 Å². The van der Waals surface area contributed by atoms with Gasteiger partial charge >= 0.3 is 0 Å². The Kier molecular flexibility index (Phi) is 5.56. The lowest BCUT2D eigenvalue weighted by molar-refractivity contribution is -0.116. The van der Waals surface area contributed by atoms with Gasteiger partial charge in [0.15, 0.2) is 0 Å². The number of hydrogen-bond acceptors (Lipinski definition) is 4. The maximum Gasteiger partial charge on any atom is 0.261 e. The summed E-state index contributed by atoms with van der Waals surface area (Å²) in [5, 5.41) is 5.79. The molecule has 30 heavy (non-hydrogen) atoms. The van der Waals surface area contributed by atoms with Gasteiger partial charge in [0.05, 0.1) is 28.5 Å². The van der Waals surface area contributed by atoms with Crippen LogP contribution >= 0.6 is 0 Å². The van der Waals surface area contributed by atoms with Crippen LogP contribution in [0.5, 0.6) is 0 Å². The molecule has 1 aliphatic rings. The van der Waals surface area contributed by atoms with E-state index in [1.807, 2.05) is 0 Å². The quantitative estimate of drug-likeness (QED) is 0.679. The van der Waals surface area contributed by atoms with Gasteiger partial charge in [0.2, 0.25) is 5.91 Å². The largest absolute Gasteiger partial charge is 0.349 e. The highest BCUT2D eigenvalue weighted by molar-refractivity contribution is 6.03. The molecule has 1 heterocycles. The minimum atomic E-state index is -0.550. The number of carbonyl (C=O) groups is 2. The van der Waals surface area contributed by atoms with Crippen molar-refractivity contribution in [2.75, 3.05) is 5.32 Å². The van der Waals surface area contributed by atoms with E-state index in [9.17, 15) is 18.8 Å². The number of nitrogens with zero attached hydrogens (tertiary/aromatic N) is 2. The highest BCUT2D eigenvalue weighted by atomic mass is 19.1. The third-order valence-electron chi connectivity index (χ3n) is 5.24. The van der Waals surface area contributed by atoms with Crippen LogP contribution in [0.4, 0.5) is 10.1 Å². The molecule has 0 spiro atoms. The van der Waals surface area contributed by atoms with Crippen molar-refractivity contribution < 1.29 is 14.0 Å². The van der Waals surface area contributed by atoms with Crippen LogP contribution in [0.2, 0.25) is 0 Å². The lowest BCUT2D eigenvalue weighted by Gasteiger charge is -2.15. The smallest absolute Gasteiger partial charge is 0.261 e. The fraction of sp³-hybridized carbons (Fsp3) is 0.273. The van der Waals surface area contributed by atoms with Gasteiger partial charge in [-0.15, -0.1) is 0 Å². The Morgan fingerprint density at radius 1 is 1.13 bits per heavy atom. The Morgan fingerprint density at radius 2 is 1.90 bits per heavy atom. The number of aromatic nitrogens is 2. The summed E-state index contributed by atoms with van der Waals surface area (Å²) in [5.74, 6) is -1.28. The molecule has 1 aromatic heterocycles. The van der Waals surface area contributed by atoms with E-state index in [2.05, 4.69) is 15.6 Å². The SMILES string of the molecule is O=C(Cn1cnc2ccc(F)cc2c1=O)Nc1ccccc1C(=O)NC1CCCC1. The predicted octanol–water partition coefficient (Wildman–Crippen LogP) is 2.85. The minimum Gasteiger partial charge on any atom is -0.349 e. The molecule has 0 atom stereocenters. The number of benzene rings is 2. The van der Waals surface area contributed by atoms with Gasteiger partial charge < -0.3 is 10.6 Å². The van der Waals surface area contributed by atoms with Crippen molar-refractivity contribution in [3.8, 4) is 0 Å². The summed E-state index contributed by atoms with van der Waals surface area (Å²) in [6.07, 6.45) is 5.36. The fourth-order valence-electron chi connectivity index (χ4n) is 3.71. The first-order valence-electron chi connectivity index (χ1n) is 9.86. The maximum absolute atomic E-state index is 13.5. The highest BCUT2D eigenvalue weighted by Gasteiger charge is 2.20. The van der Waals surface area contributed by atoms with Gasteiger partial charge in [0.25, 0.3) is 11.5 Å². The molecule has 3 aromatic rings. The normalized spacial score (nSPS) is 14.0. The molecular weight excluding hydrogens is 387 g/mol. The van der Waals surface area contributed by atoms with Gasteiger partial charge in [-0.2, -0.15) is 0 Å². The van der Waals surface area contributed by atoms with Crippen LogP contribution in [0.3, 0.4) is 0 Å². The number of nitrogens with one attached hydrogen (secondary N) is 2. The molecule has 0 radical (unpaired) electrons. The zero-order valence-corrected chi connectivity index (χ0v) is 16.2. The summed E-state index contributed by atoms with van der Waals surface area (Å²) in [4.78, 5) is 41.8. The predicted molar refractivity (Wildman–Crippen MR) is 111 cm³/mol. The van der Waals surface area contributed by atoms with E-state index < -0.39 is 17.3 Å². The molecule has 0 unspecified atom stereocenters. The second kappa shape index (κ2) is 8.44. The molecule has 1 fully saturated rings. The summed E-state index contributed by atoms with van der Waals surface area (Å²) in [6.45, 7) is -0.309. The van der Waals surface area contributed by atoms with Crippen LogP contribution in [0.1, 0.15) is 36.0 Å². The molecule has 8 heteroatoms. The molecule has 0 aliphatic heterocycles. The first-order valence-corrected chi connectivity index (χ1v) is 9.86. The van der Waals surface area contributed by atoms with E-state index in [1.165, 1.54) is 18.5 Å². The highest BCUT2D eigenvalue weighted by Crippen LogP contribution is 2.20. The number of carbonyl (C=O) groups excluding carboxylic acids is 2. The van der Waals surface area contributed by atoms with E-state index in [-0.39, 0.29) is 23.9 Å². The monoisotopic (exact) mass is 408 g/mol. The van der Waals surface area contributed by atoms with E-state index in [1.54, 1.807) is 24.3 Å². The first-order chi connectivity index (χ1) is 14.5. The number of anilines is 1. The van der Waals surface area contributed by atoms with Crippen molar-refractivity contribution in [2.24, 2.45) is 0 Å². The van der Waals surface area contributed by atoms with Crippen LogP contribution in [0.15, 0.2) is 53.6 Å². The Labute approximate surface area is 171 Å². The molecule has 7 nitrogen and oxygen atoms in total. The number of fused-ring (bicyclic) bond motifs is 1. The molecule has 0 saturated heterocycles. The van der Waals surface area contributed by atoms with Crippen molar-refractivity contribution >= 4 is 28.4 Å². The average Bonchev–Trinajstić information content (AvgIpc) is 3.24. The zero-order chi connectivity index (χ0) is 21.1. The van der Waals surface area contributed by atoms with Gasteiger partial charge in [-0.3, -0.25) is 19.0 Å². The van der Waals surface area contributed by atoms with Crippen LogP contribution in [-0.2, 0) is 11.3 Å². The summed E-state index contributed by atoms with van der Waals surface area (Å²) in [5.41, 5.74) is 0.573. The van der Waals surface area contributed by atoms with Crippen molar-refractivity contribution in [3.05, 3.63) is 70.5 Å². The molecule has 0 bridgehead atoms. The first kappa shape index (κ1) is 19.8. The molecule has 1 saturated carbocycles. The molecule has 2 aromatic carbocycles. The number of hydrogen-bond donors (Lipinski definition) is 2. The lowest BCUT2D eigenvalue weighted by Crippen LogP contribution is -2.33. The average molecular weight is 408 g/mol. The molecular formula is C22H21FN4O3. The Hall–Kier alpha value is -3.55. The summed E-state index contributed by atoms with van der Waals surface area (Å²) in [7, 11) is 0. The third-order valence-corrected chi connectivity index (χ3v) is 5.24. The molecule has 154 valence electrons. The second-order valence-electron chi connectivity index (χ2n) is 7.39. The van der Waals surface area contributed by atoms with Gasteiger partial charge in [0.1, 0.15) is 12.4 Å². The Balaban J connectivity index is 1.51. The van der Waals surface area contributed by atoms with Crippen molar-refractivity contribution in [2.45, 2.75) is 38.3 Å². The second-order valence-corrected chi connectivity index (χ2v) is 7.39. The lowest BCUT2D eigenvalue weighted by atomic mass is 10.1. The van der Waals surface area contributed by atoms with Gasteiger partial charge in [-0.05, 0) is 43.2 Å². The third kappa shape index (κ3) is 4.22. The van der Waals surface area contributed by atoms with Gasteiger partial charge in [-0.1, -0.05) is 25.0 Å². The van der Waals surface area contributed by atoms with Crippen LogP contribution < -0.4 is 16.2 Å². The van der Waals surface area contributed by atoms with Gasteiger partial charge in [0, 0.05) is 6.04 Å². The van der Waals surface area contributed by atoms with Crippen LogP contribution in [0.25, 0.3) is 10.9 Å². The number of para-hydroxylation sites is 1. The molecule has 2 amide bonds. The number of halogens is 1. The van der Waals surface area contributed by atoms with Crippen LogP contribution in [0, 0.1) is 5.82 Å². The molecule has 2 N–H and O–H groups in total. The maximum atomic E-state index is 13.5. The topological polar surface area (TPSA) is 93.1 Å². The Bertz CT molecular complexity index is 1170. The van der Waals surface area contributed by atoms with E-state index in [0.29, 0.717) is 16.8 Å². The fourth-order valence-corrected chi connectivity index (χ4v) is 3.71. The summed E-state index contributed by atoms with van der Waals surface area (Å²) >= 11 is 0. The van der Waals surface area contributed by atoms with Crippen molar-refractivity contribution in [3.63, 3.8) is 0 Å². The standard InChI is InChI=1S/C22H21FN4O3/c23-14-9-10-18-17(11-14)22(30)27(13-24-18)12-20(28)26-19-8-4-3-7-16(19)21(29)25-15-5-1-2-6-15/h3-4,7-11,13,15H,1-2,5-6,12H2,(H,25,29)(H,26,28). The Morgan fingerprint density at radius 3 is 2.70 bits per heavy atom. The summed E-state index contributed by atoms with van der Waals surface area (Å²) < 4.78 is 14.6. The van der Waals surface area contributed by atoms with Gasteiger partial charge in [-0.25, -0.2) is 9.37 Å². The van der Waals surface area contributed by atoms with E-state index >= 15 is 0 Å². The number of amides is 2. The minimum absolute atomic E-state index is 0.0987. The van der Waals surface area contributed by atoms with Crippen molar-refractivity contribution in [1.29, 1.82) is 0 Å².